The number of rotatable bonds is 5. The maximum Gasteiger partial charge on any atom is 0.271 e. The summed E-state index contributed by atoms with van der Waals surface area (Å²) in [6.45, 7) is 5.28. The Balaban J connectivity index is 1.94. The van der Waals surface area contributed by atoms with Crippen molar-refractivity contribution in [3.8, 4) is 5.75 Å². The summed E-state index contributed by atoms with van der Waals surface area (Å²) in [5.74, 6) is 0.0168. The highest BCUT2D eigenvalue weighted by atomic mass is 35.5. The number of hydrogen-bond donors (Lipinski definition) is 0. The van der Waals surface area contributed by atoms with Crippen LogP contribution >= 0.6 is 11.6 Å². The normalized spacial score (nSPS) is 18.1. The fraction of sp³-hybridized carbons (Fsp3) is 0.286. The Bertz CT molecular complexity index is 996. The van der Waals surface area contributed by atoms with Crippen molar-refractivity contribution in [2.45, 2.75) is 32.4 Å². The van der Waals surface area contributed by atoms with Crippen LogP contribution in [0.1, 0.15) is 19.4 Å². The van der Waals surface area contributed by atoms with Gasteiger partial charge in [0.1, 0.15) is 5.75 Å². The molecule has 1 aliphatic heterocycles. The van der Waals surface area contributed by atoms with Crippen molar-refractivity contribution >= 4 is 33.0 Å². The van der Waals surface area contributed by atoms with E-state index in [9.17, 15) is 13.2 Å². The van der Waals surface area contributed by atoms with Gasteiger partial charge >= 0.3 is 0 Å². The second-order valence-corrected chi connectivity index (χ2v) is 9.67. The second-order valence-electron chi connectivity index (χ2n) is 7.30. The molecule has 1 heterocycles. The molecule has 1 unspecified atom stereocenters. The lowest BCUT2D eigenvalue weighted by molar-refractivity contribution is -0.131. The highest BCUT2D eigenvalue weighted by Crippen LogP contribution is 2.29. The molecule has 0 saturated carbocycles. The molecule has 0 aliphatic carbocycles. The molecular formula is C21H22ClNO4S. The summed E-state index contributed by atoms with van der Waals surface area (Å²) < 4.78 is 29.8. The Labute approximate surface area is 170 Å². The van der Waals surface area contributed by atoms with Crippen LogP contribution in [0.15, 0.2) is 60.0 Å². The predicted molar refractivity (Wildman–Crippen MR) is 112 cm³/mol. The van der Waals surface area contributed by atoms with Crippen molar-refractivity contribution in [2.24, 2.45) is 0 Å². The van der Waals surface area contributed by atoms with Crippen LogP contribution in [-0.2, 0) is 14.6 Å². The Morgan fingerprint density at radius 3 is 2.25 bits per heavy atom. The molecule has 0 bridgehead atoms. The molecule has 0 aromatic heterocycles. The van der Waals surface area contributed by atoms with Crippen molar-refractivity contribution in [3.63, 3.8) is 0 Å². The molecule has 5 nitrogen and oxygen atoms in total. The minimum absolute atomic E-state index is 0.149. The van der Waals surface area contributed by atoms with Gasteiger partial charge in [0.05, 0.1) is 11.8 Å². The van der Waals surface area contributed by atoms with Crippen LogP contribution in [0.2, 0.25) is 5.02 Å². The molecule has 0 spiro atoms. The number of sulfone groups is 1. The molecule has 148 valence electrons. The molecule has 0 radical (unpaired) electrons. The third-order valence-corrected chi connectivity index (χ3v) is 6.11. The van der Waals surface area contributed by atoms with E-state index in [0.29, 0.717) is 16.5 Å². The van der Waals surface area contributed by atoms with E-state index in [1.165, 1.54) is 10.3 Å². The predicted octanol–water partition coefficient (Wildman–Crippen LogP) is 4.15. The zero-order valence-electron chi connectivity index (χ0n) is 15.9. The number of carbonyl (C=O) groups is 1. The summed E-state index contributed by atoms with van der Waals surface area (Å²) in [6.07, 6.45) is 1.55. The second kappa shape index (κ2) is 7.60. The molecule has 28 heavy (non-hydrogen) atoms. The molecule has 7 heteroatoms. The van der Waals surface area contributed by atoms with E-state index in [-0.39, 0.29) is 11.7 Å². The summed E-state index contributed by atoms with van der Waals surface area (Å²) >= 11 is 5.91. The van der Waals surface area contributed by atoms with Gasteiger partial charge in [-0.3, -0.25) is 4.79 Å². The molecule has 0 N–H and O–H groups in total. The Morgan fingerprint density at radius 2 is 1.71 bits per heavy atom. The average Bonchev–Trinajstić information content (AvgIpc) is 2.98. The van der Waals surface area contributed by atoms with E-state index in [1.54, 1.807) is 44.2 Å². The highest BCUT2D eigenvalue weighted by molar-refractivity contribution is 7.94. The molecule has 0 saturated heterocycles. The van der Waals surface area contributed by atoms with Gasteiger partial charge in [0.15, 0.2) is 15.4 Å². The fourth-order valence-corrected chi connectivity index (χ4v) is 4.41. The lowest BCUT2D eigenvalue weighted by Gasteiger charge is -2.35. The first-order valence-corrected chi connectivity index (χ1v) is 10.9. The summed E-state index contributed by atoms with van der Waals surface area (Å²) in [6, 6.07) is 13.5. The number of carbonyl (C=O) groups excluding carboxylic acids is 1. The molecule has 0 fully saturated rings. The average molecular weight is 420 g/mol. The van der Waals surface area contributed by atoms with Crippen LogP contribution < -0.4 is 9.64 Å². The Kier molecular flexibility index (Phi) is 5.55. The number of benzene rings is 2. The Morgan fingerprint density at radius 1 is 1.11 bits per heavy atom. The number of ether oxygens (including phenoxy) is 1. The van der Waals surface area contributed by atoms with Crippen molar-refractivity contribution in [2.75, 3.05) is 10.7 Å². The van der Waals surface area contributed by atoms with Gasteiger partial charge in [0.2, 0.25) is 0 Å². The molecule has 1 amide bonds. The van der Waals surface area contributed by atoms with Crippen LogP contribution in [0.5, 0.6) is 5.75 Å². The van der Waals surface area contributed by atoms with Crippen molar-refractivity contribution in [1.82, 2.24) is 0 Å². The largest absolute Gasteiger partial charge is 0.478 e. The van der Waals surface area contributed by atoms with Crippen LogP contribution in [0.25, 0.3) is 0 Å². The van der Waals surface area contributed by atoms with Gasteiger partial charge in [0, 0.05) is 16.1 Å². The van der Waals surface area contributed by atoms with Crippen molar-refractivity contribution < 1.29 is 17.9 Å². The highest BCUT2D eigenvalue weighted by Gasteiger charge is 2.40. The maximum atomic E-state index is 13.5. The SMILES string of the molecule is Cc1ccc(N(C(=O)C(C)(C)Oc2ccc(Cl)cc2)C2C=CS(=O)(=O)C2)cc1. The first-order chi connectivity index (χ1) is 13.1. The lowest BCUT2D eigenvalue weighted by Crippen LogP contribution is -2.53. The number of amides is 1. The van der Waals surface area contributed by atoms with E-state index in [4.69, 9.17) is 16.3 Å². The van der Waals surface area contributed by atoms with Gasteiger partial charge in [-0.25, -0.2) is 8.42 Å². The minimum Gasteiger partial charge on any atom is -0.478 e. The van der Waals surface area contributed by atoms with E-state index in [1.807, 2.05) is 31.2 Å². The van der Waals surface area contributed by atoms with Crippen molar-refractivity contribution in [1.29, 1.82) is 0 Å². The summed E-state index contributed by atoms with van der Waals surface area (Å²) in [4.78, 5) is 15.0. The zero-order valence-corrected chi connectivity index (χ0v) is 17.5. The third kappa shape index (κ3) is 4.56. The molecule has 3 rings (SSSR count). The molecule has 1 aliphatic rings. The number of halogens is 1. The summed E-state index contributed by atoms with van der Waals surface area (Å²) in [5, 5.41) is 1.73. The standard InChI is InChI=1S/C21H22ClNO4S/c1-15-4-8-17(9-5-15)23(18-12-13-28(25,26)14-18)20(24)21(2,3)27-19-10-6-16(22)7-11-19/h4-13,18H,14H2,1-3H3. The van der Waals surface area contributed by atoms with Crippen molar-refractivity contribution in [3.05, 3.63) is 70.6 Å². The lowest BCUT2D eigenvalue weighted by atomic mass is 10.0. The summed E-state index contributed by atoms with van der Waals surface area (Å²) in [5.41, 5.74) is 0.441. The molecule has 1 atom stereocenters. The van der Waals surface area contributed by atoms with Gasteiger partial charge in [0.25, 0.3) is 5.91 Å². The van der Waals surface area contributed by atoms with Gasteiger partial charge in [-0.2, -0.15) is 0 Å². The van der Waals surface area contributed by atoms with Gasteiger partial charge in [-0.1, -0.05) is 29.3 Å². The molecule has 2 aromatic carbocycles. The molecular weight excluding hydrogens is 398 g/mol. The third-order valence-electron chi connectivity index (χ3n) is 4.48. The monoisotopic (exact) mass is 419 g/mol. The maximum absolute atomic E-state index is 13.5. The number of aryl methyl sites for hydroxylation is 1. The van der Waals surface area contributed by atoms with E-state index < -0.39 is 21.5 Å². The van der Waals surface area contributed by atoms with Gasteiger partial charge in [-0.15, -0.1) is 0 Å². The van der Waals surface area contributed by atoms with Crippen LogP contribution in [0.3, 0.4) is 0 Å². The van der Waals surface area contributed by atoms with Gasteiger partial charge < -0.3 is 9.64 Å². The van der Waals surface area contributed by atoms with E-state index in [0.717, 1.165) is 5.56 Å². The van der Waals surface area contributed by atoms with E-state index in [2.05, 4.69) is 0 Å². The number of nitrogens with zero attached hydrogens (tertiary/aromatic N) is 1. The van der Waals surface area contributed by atoms with E-state index >= 15 is 0 Å². The van der Waals surface area contributed by atoms with Crippen LogP contribution in [0.4, 0.5) is 5.69 Å². The summed E-state index contributed by atoms with van der Waals surface area (Å²) in [7, 11) is -3.33. The quantitative estimate of drug-likeness (QED) is 0.730. The first kappa shape index (κ1) is 20.4. The van der Waals surface area contributed by atoms with Crippen LogP contribution in [-0.4, -0.2) is 31.7 Å². The fourth-order valence-electron chi connectivity index (χ4n) is 3.02. The first-order valence-electron chi connectivity index (χ1n) is 8.83. The Hall–Kier alpha value is -2.31. The molecule has 2 aromatic rings. The topological polar surface area (TPSA) is 63.7 Å². The number of anilines is 1. The smallest absolute Gasteiger partial charge is 0.271 e. The van der Waals surface area contributed by atoms with Crippen LogP contribution in [0, 0.1) is 6.92 Å². The minimum atomic E-state index is -3.33. The zero-order chi connectivity index (χ0) is 20.5. The van der Waals surface area contributed by atoms with Gasteiger partial charge in [-0.05, 0) is 63.2 Å². The number of hydrogen-bond acceptors (Lipinski definition) is 4.